The summed E-state index contributed by atoms with van der Waals surface area (Å²) in [6.07, 6.45) is 6.29. The fourth-order valence-corrected chi connectivity index (χ4v) is 1.22. The lowest BCUT2D eigenvalue weighted by Gasteiger charge is -2.40. The van der Waals surface area contributed by atoms with Crippen LogP contribution in [0.1, 0.15) is 13.3 Å². The summed E-state index contributed by atoms with van der Waals surface area (Å²) >= 11 is 0. The molecule has 1 aliphatic rings. The van der Waals surface area contributed by atoms with Crippen molar-refractivity contribution in [3.05, 3.63) is 0 Å². The van der Waals surface area contributed by atoms with Gasteiger partial charge >= 0.3 is 0 Å². The topological polar surface area (TPSA) is 21.3 Å². The van der Waals surface area contributed by atoms with Crippen molar-refractivity contribution in [3.8, 4) is 12.3 Å². The Balaban J connectivity index is 2.17. The molecule has 0 aromatic rings. The molecular formula is C9H15NO. The third-order valence-electron chi connectivity index (χ3n) is 2.29. The molecule has 62 valence electrons. The zero-order chi connectivity index (χ0) is 8.16. The number of nitrogens with one attached hydrogen (secondary N) is 1. The van der Waals surface area contributed by atoms with Gasteiger partial charge in [-0.2, -0.15) is 0 Å². The number of terminal acetylenes is 1. The lowest BCUT2D eigenvalue weighted by atomic mass is 9.83. The number of rotatable bonds is 4. The fourth-order valence-electron chi connectivity index (χ4n) is 1.22. The van der Waals surface area contributed by atoms with Crippen LogP contribution in [-0.2, 0) is 4.74 Å². The predicted molar refractivity (Wildman–Crippen MR) is 45.2 cm³/mol. The van der Waals surface area contributed by atoms with Crippen molar-refractivity contribution < 1.29 is 4.74 Å². The van der Waals surface area contributed by atoms with E-state index < -0.39 is 0 Å². The van der Waals surface area contributed by atoms with Crippen LogP contribution < -0.4 is 5.32 Å². The Morgan fingerprint density at radius 3 is 2.73 bits per heavy atom. The van der Waals surface area contributed by atoms with Crippen LogP contribution in [0.2, 0.25) is 0 Å². The third-order valence-corrected chi connectivity index (χ3v) is 2.29. The molecule has 1 N–H and O–H groups in total. The molecule has 2 heteroatoms. The van der Waals surface area contributed by atoms with Gasteiger partial charge in [0, 0.05) is 12.0 Å². The lowest BCUT2D eigenvalue weighted by molar-refractivity contribution is -0.112. The minimum Gasteiger partial charge on any atom is -0.380 e. The Morgan fingerprint density at radius 1 is 1.64 bits per heavy atom. The molecule has 0 aromatic heterocycles. The second kappa shape index (κ2) is 3.75. The van der Waals surface area contributed by atoms with Crippen molar-refractivity contribution in [2.75, 3.05) is 26.3 Å². The van der Waals surface area contributed by atoms with Gasteiger partial charge in [0.05, 0.1) is 19.8 Å². The quantitative estimate of drug-likeness (QED) is 0.472. The van der Waals surface area contributed by atoms with Crippen LogP contribution in [0.15, 0.2) is 0 Å². The molecule has 0 bridgehead atoms. The molecule has 0 radical (unpaired) electrons. The highest BCUT2D eigenvalue weighted by Gasteiger charge is 2.35. The van der Waals surface area contributed by atoms with E-state index in [-0.39, 0.29) is 0 Å². The van der Waals surface area contributed by atoms with Crippen LogP contribution in [-0.4, -0.2) is 26.3 Å². The highest BCUT2D eigenvalue weighted by molar-refractivity contribution is 4.91. The van der Waals surface area contributed by atoms with E-state index in [2.05, 4.69) is 18.2 Å². The van der Waals surface area contributed by atoms with Gasteiger partial charge in [-0.05, 0) is 6.42 Å². The summed E-state index contributed by atoms with van der Waals surface area (Å²) in [5.41, 5.74) is 0.386. The summed E-state index contributed by atoms with van der Waals surface area (Å²) in [7, 11) is 0. The van der Waals surface area contributed by atoms with Gasteiger partial charge in [0.15, 0.2) is 0 Å². The fraction of sp³-hybridized carbons (Fsp3) is 0.778. The van der Waals surface area contributed by atoms with Crippen molar-refractivity contribution >= 4 is 0 Å². The largest absolute Gasteiger partial charge is 0.380 e. The van der Waals surface area contributed by atoms with Gasteiger partial charge in [0.25, 0.3) is 0 Å². The van der Waals surface area contributed by atoms with Crippen molar-refractivity contribution in [1.29, 1.82) is 0 Å². The van der Waals surface area contributed by atoms with E-state index in [1.807, 2.05) is 0 Å². The van der Waals surface area contributed by atoms with Gasteiger partial charge in [-0.25, -0.2) is 0 Å². The molecule has 0 unspecified atom stereocenters. The van der Waals surface area contributed by atoms with E-state index in [0.717, 1.165) is 19.8 Å². The smallest absolute Gasteiger partial charge is 0.0574 e. The van der Waals surface area contributed by atoms with Gasteiger partial charge in [0.1, 0.15) is 0 Å². The maximum Gasteiger partial charge on any atom is 0.0574 e. The first-order chi connectivity index (χ1) is 5.33. The van der Waals surface area contributed by atoms with Crippen LogP contribution in [0.4, 0.5) is 0 Å². The molecule has 1 saturated heterocycles. The minimum atomic E-state index is 0.386. The van der Waals surface area contributed by atoms with E-state index >= 15 is 0 Å². The SMILES string of the molecule is C#CCNCC1(CC)COC1. The van der Waals surface area contributed by atoms with Crippen LogP contribution in [0.5, 0.6) is 0 Å². The Labute approximate surface area is 68.3 Å². The van der Waals surface area contributed by atoms with Crippen molar-refractivity contribution in [2.45, 2.75) is 13.3 Å². The zero-order valence-corrected chi connectivity index (χ0v) is 7.02. The van der Waals surface area contributed by atoms with Crippen molar-refractivity contribution in [2.24, 2.45) is 5.41 Å². The molecule has 0 atom stereocenters. The average molecular weight is 153 g/mol. The predicted octanol–water partition coefficient (Wildman–Crippen LogP) is 0.636. The summed E-state index contributed by atoms with van der Waals surface area (Å²) in [6, 6.07) is 0. The zero-order valence-electron chi connectivity index (χ0n) is 7.02. The summed E-state index contributed by atoms with van der Waals surface area (Å²) in [6.45, 7) is 5.64. The second-order valence-corrected chi connectivity index (χ2v) is 3.15. The van der Waals surface area contributed by atoms with Gasteiger partial charge in [-0.1, -0.05) is 12.8 Å². The van der Waals surface area contributed by atoms with E-state index in [9.17, 15) is 0 Å². The standard InChI is InChI=1S/C9H15NO/c1-3-5-10-6-9(4-2)7-11-8-9/h1,10H,4-8H2,2H3. The lowest BCUT2D eigenvalue weighted by Crippen LogP contribution is -2.49. The third kappa shape index (κ3) is 1.95. The first kappa shape index (κ1) is 8.58. The first-order valence-electron chi connectivity index (χ1n) is 4.05. The molecule has 2 nitrogen and oxygen atoms in total. The molecule has 0 saturated carbocycles. The molecule has 0 spiro atoms. The average Bonchev–Trinajstić information content (AvgIpc) is 1.95. The van der Waals surface area contributed by atoms with E-state index in [4.69, 9.17) is 11.2 Å². The van der Waals surface area contributed by atoms with Gasteiger partial charge in [0.2, 0.25) is 0 Å². The normalized spacial score (nSPS) is 20.4. The molecule has 1 heterocycles. The van der Waals surface area contributed by atoms with E-state index in [1.54, 1.807) is 0 Å². The molecule has 0 aliphatic carbocycles. The van der Waals surface area contributed by atoms with Crippen molar-refractivity contribution in [1.82, 2.24) is 5.32 Å². The van der Waals surface area contributed by atoms with Crippen LogP contribution in [0, 0.1) is 17.8 Å². The monoisotopic (exact) mass is 153 g/mol. The van der Waals surface area contributed by atoms with Gasteiger partial charge in [-0.15, -0.1) is 6.42 Å². The Bertz CT molecular complexity index is 150. The first-order valence-corrected chi connectivity index (χ1v) is 4.05. The minimum absolute atomic E-state index is 0.386. The molecule has 1 fully saturated rings. The number of ether oxygens (including phenoxy) is 1. The molecule has 1 rings (SSSR count). The summed E-state index contributed by atoms with van der Waals surface area (Å²) in [4.78, 5) is 0. The van der Waals surface area contributed by atoms with Crippen LogP contribution in [0.25, 0.3) is 0 Å². The molecule has 0 aromatic carbocycles. The maximum atomic E-state index is 5.17. The highest BCUT2D eigenvalue weighted by atomic mass is 16.5. The van der Waals surface area contributed by atoms with E-state index in [1.165, 1.54) is 6.42 Å². The Hall–Kier alpha value is -0.520. The van der Waals surface area contributed by atoms with Crippen LogP contribution in [0.3, 0.4) is 0 Å². The molecule has 1 aliphatic heterocycles. The molecule has 0 amide bonds. The molecular weight excluding hydrogens is 138 g/mol. The highest BCUT2D eigenvalue weighted by Crippen LogP contribution is 2.29. The number of hydrogen-bond acceptors (Lipinski definition) is 2. The summed E-state index contributed by atoms with van der Waals surface area (Å²) < 4.78 is 5.17. The van der Waals surface area contributed by atoms with Gasteiger partial charge in [-0.3, -0.25) is 0 Å². The van der Waals surface area contributed by atoms with Gasteiger partial charge < -0.3 is 10.1 Å². The summed E-state index contributed by atoms with van der Waals surface area (Å²) in [5.74, 6) is 2.56. The van der Waals surface area contributed by atoms with Crippen molar-refractivity contribution in [3.63, 3.8) is 0 Å². The Morgan fingerprint density at radius 2 is 2.36 bits per heavy atom. The Kier molecular flexibility index (Phi) is 2.92. The number of hydrogen-bond donors (Lipinski definition) is 1. The summed E-state index contributed by atoms with van der Waals surface area (Å²) in [5, 5.41) is 3.21. The van der Waals surface area contributed by atoms with E-state index in [0.29, 0.717) is 12.0 Å². The maximum absolute atomic E-state index is 5.17. The molecule has 11 heavy (non-hydrogen) atoms. The van der Waals surface area contributed by atoms with Crippen LogP contribution >= 0.6 is 0 Å². The second-order valence-electron chi connectivity index (χ2n) is 3.15.